The Bertz CT molecular complexity index is 634. The summed E-state index contributed by atoms with van der Waals surface area (Å²) < 4.78 is 0. The molecule has 0 radical (unpaired) electrons. The summed E-state index contributed by atoms with van der Waals surface area (Å²) in [4.78, 5) is 15.3. The van der Waals surface area contributed by atoms with Gasteiger partial charge in [-0.25, -0.2) is 0 Å². The topological polar surface area (TPSA) is 20.3 Å². The van der Waals surface area contributed by atoms with E-state index in [-0.39, 0.29) is 5.92 Å². The van der Waals surface area contributed by atoms with Gasteiger partial charge in [-0.2, -0.15) is 0 Å². The van der Waals surface area contributed by atoms with E-state index in [1.54, 1.807) is 0 Å². The molecular formula is C22H25NO. The fourth-order valence-corrected chi connectivity index (χ4v) is 3.51. The minimum atomic E-state index is 0.153. The van der Waals surface area contributed by atoms with Crippen LogP contribution < -0.4 is 0 Å². The first-order chi connectivity index (χ1) is 11.8. The van der Waals surface area contributed by atoms with Crippen molar-refractivity contribution in [2.45, 2.75) is 44.1 Å². The van der Waals surface area contributed by atoms with E-state index in [1.807, 2.05) is 12.1 Å². The molecule has 0 spiro atoms. The van der Waals surface area contributed by atoms with Gasteiger partial charge in [0, 0.05) is 24.9 Å². The Morgan fingerprint density at radius 2 is 1.42 bits per heavy atom. The number of hydrogen-bond donors (Lipinski definition) is 0. The van der Waals surface area contributed by atoms with E-state index in [9.17, 15) is 4.79 Å². The third-order valence-corrected chi connectivity index (χ3v) is 5.24. The van der Waals surface area contributed by atoms with Crippen LogP contribution in [0.3, 0.4) is 0 Å². The molecule has 2 saturated carbocycles. The molecule has 0 aromatic heterocycles. The first-order valence-corrected chi connectivity index (χ1v) is 9.20. The van der Waals surface area contributed by atoms with Crippen LogP contribution in [-0.4, -0.2) is 23.4 Å². The number of carbonyl (C=O) groups excluding carboxylic acids is 1. The summed E-state index contributed by atoms with van der Waals surface area (Å²) in [5.41, 5.74) is 2.47. The minimum absolute atomic E-state index is 0.153. The molecule has 124 valence electrons. The summed E-state index contributed by atoms with van der Waals surface area (Å²) in [5.74, 6) is 1.25. The lowest BCUT2D eigenvalue weighted by atomic mass is 9.88. The number of benzene rings is 2. The average molecular weight is 319 g/mol. The maximum Gasteiger partial charge on any atom is 0.223 e. The highest BCUT2D eigenvalue weighted by Gasteiger charge is 2.37. The molecule has 24 heavy (non-hydrogen) atoms. The van der Waals surface area contributed by atoms with Gasteiger partial charge in [0.1, 0.15) is 0 Å². The highest BCUT2D eigenvalue weighted by atomic mass is 16.2. The lowest BCUT2D eigenvalue weighted by molar-refractivity contribution is -0.132. The van der Waals surface area contributed by atoms with E-state index >= 15 is 0 Å². The van der Waals surface area contributed by atoms with Crippen molar-refractivity contribution in [2.24, 2.45) is 5.92 Å². The maximum absolute atomic E-state index is 13.1. The summed E-state index contributed by atoms with van der Waals surface area (Å²) in [6.45, 7) is 0.986. The van der Waals surface area contributed by atoms with Crippen LogP contribution in [0.25, 0.3) is 0 Å². The molecular weight excluding hydrogens is 294 g/mol. The van der Waals surface area contributed by atoms with E-state index in [0.717, 1.165) is 12.5 Å². The first-order valence-electron chi connectivity index (χ1n) is 9.20. The van der Waals surface area contributed by atoms with Crippen LogP contribution in [0.5, 0.6) is 0 Å². The lowest BCUT2D eigenvalue weighted by Gasteiger charge is -2.26. The molecule has 0 bridgehead atoms. The molecule has 2 aliphatic carbocycles. The van der Waals surface area contributed by atoms with Crippen LogP contribution in [0, 0.1) is 5.92 Å². The van der Waals surface area contributed by atoms with Crippen molar-refractivity contribution in [3.63, 3.8) is 0 Å². The highest BCUT2D eigenvalue weighted by molar-refractivity contribution is 5.78. The predicted octanol–water partition coefficient (Wildman–Crippen LogP) is 4.61. The molecule has 1 amide bonds. The van der Waals surface area contributed by atoms with E-state index in [2.05, 4.69) is 53.4 Å². The molecule has 2 heteroatoms. The zero-order chi connectivity index (χ0) is 16.4. The van der Waals surface area contributed by atoms with E-state index in [4.69, 9.17) is 0 Å². The van der Waals surface area contributed by atoms with E-state index in [0.29, 0.717) is 18.4 Å². The molecule has 0 N–H and O–H groups in total. The van der Waals surface area contributed by atoms with Gasteiger partial charge >= 0.3 is 0 Å². The van der Waals surface area contributed by atoms with Crippen molar-refractivity contribution in [3.8, 4) is 0 Å². The van der Waals surface area contributed by atoms with Crippen LogP contribution in [0.15, 0.2) is 60.7 Å². The molecule has 0 atom stereocenters. The van der Waals surface area contributed by atoms with Gasteiger partial charge in [0.25, 0.3) is 0 Å². The maximum atomic E-state index is 13.1. The predicted molar refractivity (Wildman–Crippen MR) is 96.8 cm³/mol. The van der Waals surface area contributed by atoms with Gasteiger partial charge in [-0.15, -0.1) is 0 Å². The molecule has 0 unspecified atom stereocenters. The SMILES string of the molecule is O=C(CC(c1ccccc1)c1ccccc1)N(CC1CC1)C1CC1. The zero-order valence-corrected chi connectivity index (χ0v) is 14.1. The fourth-order valence-electron chi connectivity index (χ4n) is 3.51. The van der Waals surface area contributed by atoms with Crippen molar-refractivity contribution in [2.75, 3.05) is 6.54 Å². The Morgan fingerprint density at radius 1 is 0.875 bits per heavy atom. The average Bonchev–Trinajstić information content (AvgIpc) is 3.53. The van der Waals surface area contributed by atoms with E-state index < -0.39 is 0 Å². The highest BCUT2D eigenvalue weighted by Crippen LogP contribution is 2.37. The Labute approximate surface area is 144 Å². The third kappa shape index (κ3) is 3.69. The first kappa shape index (κ1) is 15.4. The number of carbonyl (C=O) groups is 1. The Morgan fingerprint density at radius 3 is 1.88 bits per heavy atom. The molecule has 2 aromatic carbocycles. The Kier molecular flexibility index (Phi) is 4.38. The lowest BCUT2D eigenvalue weighted by Crippen LogP contribution is -2.35. The number of nitrogens with zero attached hydrogens (tertiary/aromatic N) is 1. The quantitative estimate of drug-likeness (QED) is 0.730. The van der Waals surface area contributed by atoms with Gasteiger partial charge < -0.3 is 4.90 Å². The molecule has 2 fully saturated rings. The molecule has 2 aromatic rings. The smallest absolute Gasteiger partial charge is 0.223 e. The summed E-state index contributed by atoms with van der Waals surface area (Å²) in [7, 11) is 0. The summed E-state index contributed by atoms with van der Waals surface area (Å²) in [6, 6.07) is 21.5. The molecule has 0 saturated heterocycles. The standard InChI is InChI=1S/C22H25NO/c24-22(23(20-13-14-20)16-17-11-12-17)15-21(18-7-3-1-4-8-18)19-9-5-2-6-10-19/h1-10,17,20-21H,11-16H2. The van der Waals surface area contributed by atoms with Crippen LogP contribution in [-0.2, 0) is 4.79 Å². The van der Waals surface area contributed by atoms with Gasteiger partial charge in [0.15, 0.2) is 0 Å². The second-order valence-corrected chi connectivity index (χ2v) is 7.30. The number of rotatable bonds is 7. The Hall–Kier alpha value is -2.09. The monoisotopic (exact) mass is 319 g/mol. The summed E-state index contributed by atoms with van der Waals surface area (Å²) in [6.07, 6.45) is 5.57. The normalized spacial score (nSPS) is 17.0. The van der Waals surface area contributed by atoms with Crippen LogP contribution in [0.1, 0.15) is 49.1 Å². The van der Waals surface area contributed by atoms with Crippen LogP contribution in [0.2, 0.25) is 0 Å². The summed E-state index contributed by atoms with van der Waals surface area (Å²) >= 11 is 0. The summed E-state index contributed by atoms with van der Waals surface area (Å²) in [5, 5.41) is 0. The van der Waals surface area contributed by atoms with Gasteiger partial charge in [-0.3, -0.25) is 4.79 Å². The second-order valence-electron chi connectivity index (χ2n) is 7.30. The van der Waals surface area contributed by atoms with Crippen molar-refractivity contribution >= 4 is 5.91 Å². The van der Waals surface area contributed by atoms with Gasteiger partial charge in [0.2, 0.25) is 5.91 Å². The zero-order valence-electron chi connectivity index (χ0n) is 14.1. The number of amides is 1. The minimum Gasteiger partial charge on any atom is -0.339 e. The Balaban J connectivity index is 1.55. The van der Waals surface area contributed by atoms with Crippen molar-refractivity contribution < 1.29 is 4.79 Å². The van der Waals surface area contributed by atoms with Gasteiger partial charge in [0.05, 0.1) is 0 Å². The largest absolute Gasteiger partial charge is 0.339 e. The fraction of sp³-hybridized carbons (Fsp3) is 0.409. The third-order valence-electron chi connectivity index (χ3n) is 5.24. The van der Waals surface area contributed by atoms with Crippen LogP contribution in [0.4, 0.5) is 0 Å². The molecule has 0 aliphatic heterocycles. The molecule has 0 heterocycles. The van der Waals surface area contributed by atoms with Crippen LogP contribution >= 0.6 is 0 Å². The van der Waals surface area contributed by atoms with E-state index in [1.165, 1.54) is 36.8 Å². The molecule has 4 rings (SSSR count). The molecule has 2 aliphatic rings. The second kappa shape index (κ2) is 6.80. The van der Waals surface area contributed by atoms with Crippen molar-refractivity contribution in [1.29, 1.82) is 0 Å². The van der Waals surface area contributed by atoms with Gasteiger partial charge in [-0.05, 0) is 42.7 Å². The number of hydrogen-bond acceptors (Lipinski definition) is 1. The van der Waals surface area contributed by atoms with Crippen molar-refractivity contribution in [1.82, 2.24) is 4.90 Å². The van der Waals surface area contributed by atoms with Gasteiger partial charge in [-0.1, -0.05) is 60.7 Å². The van der Waals surface area contributed by atoms with Crippen molar-refractivity contribution in [3.05, 3.63) is 71.8 Å². The molecule has 2 nitrogen and oxygen atoms in total.